The Labute approximate surface area is 169 Å². The van der Waals surface area contributed by atoms with Gasteiger partial charge in [0.15, 0.2) is 11.5 Å². The Balaban J connectivity index is 1.44. The highest BCUT2D eigenvalue weighted by atomic mass is 35.5. The number of halogens is 2. The predicted octanol–water partition coefficient (Wildman–Crippen LogP) is 3.28. The molecule has 0 radical (unpaired) electrons. The molecule has 2 heterocycles. The average molecular weight is 407 g/mol. The molecule has 7 heteroatoms. The highest BCUT2D eigenvalue weighted by Crippen LogP contribution is 2.37. The van der Waals surface area contributed by atoms with Crippen molar-refractivity contribution < 1.29 is 19.0 Å². The molecule has 0 aliphatic carbocycles. The zero-order chi connectivity index (χ0) is 19.5. The molecule has 2 aliphatic heterocycles. The lowest BCUT2D eigenvalue weighted by Gasteiger charge is -2.41. The molecule has 28 heavy (non-hydrogen) atoms. The molecule has 0 spiro atoms. The van der Waals surface area contributed by atoms with Crippen LogP contribution in [-0.2, 0) is 13.1 Å². The number of rotatable bonds is 6. The summed E-state index contributed by atoms with van der Waals surface area (Å²) in [4.78, 5) is 4.58. The van der Waals surface area contributed by atoms with Crippen LogP contribution >= 0.6 is 11.6 Å². The summed E-state index contributed by atoms with van der Waals surface area (Å²) in [6, 6.07) is 10.8. The first-order valence-corrected chi connectivity index (χ1v) is 9.90. The van der Waals surface area contributed by atoms with Crippen LogP contribution in [0.2, 0.25) is 5.02 Å². The molecule has 0 unspecified atom stereocenters. The van der Waals surface area contributed by atoms with Crippen LogP contribution < -0.4 is 9.47 Å². The summed E-state index contributed by atoms with van der Waals surface area (Å²) in [5, 5.41) is 10.2. The number of hydrogen-bond donors (Lipinski definition) is 1. The normalized spacial score (nSPS) is 19.9. The van der Waals surface area contributed by atoms with Crippen LogP contribution in [0.25, 0.3) is 0 Å². The first-order chi connectivity index (χ1) is 13.6. The van der Waals surface area contributed by atoms with E-state index >= 15 is 0 Å². The zero-order valence-corrected chi connectivity index (χ0v) is 16.4. The van der Waals surface area contributed by atoms with Gasteiger partial charge in [0.05, 0.1) is 0 Å². The minimum absolute atomic E-state index is 0.108. The number of aliphatic hydroxyl groups excluding tert-OH is 1. The van der Waals surface area contributed by atoms with Gasteiger partial charge in [-0.25, -0.2) is 4.39 Å². The lowest BCUT2D eigenvalue weighted by Crippen LogP contribution is -2.52. The standard InChI is InChI=1S/C21H24ClFN2O3/c22-18-10-21-20(27-14-28-21)9-16(18)11-24-6-7-25(17(13-24)5-8-26)12-15-3-1-2-4-19(15)23/h1-4,9-10,17,26H,5-8,11-14H2/t17-/m0/s1. The Morgan fingerprint density at radius 1 is 1.07 bits per heavy atom. The molecule has 2 aliphatic rings. The molecular weight excluding hydrogens is 383 g/mol. The number of aliphatic hydroxyl groups is 1. The number of hydrogen-bond acceptors (Lipinski definition) is 5. The van der Waals surface area contributed by atoms with Crippen molar-refractivity contribution in [2.75, 3.05) is 33.0 Å². The Kier molecular flexibility index (Phi) is 6.01. The van der Waals surface area contributed by atoms with E-state index < -0.39 is 0 Å². The van der Waals surface area contributed by atoms with E-state index in [-0.39, 0.29) is 25.3 Å². The van der Waals surface area contributed by atoms with Crippen LogP contribution in [0.5, 0.6) is 11.5 Å². The van der Waals surface area contributed by atoms with Crippen LogP contribution in [0.4, 0.5) is 4.39 Å². The molecular formula is C21H24ClFN2O3. The van der Waals surface area contributed by atoms with E-state index in [4.69, 9.17) is 21.1 Å². The summed E-state index contributed by atoms with van der Waals surface area (Å²) >= 11 is 6.42. The fourth-order valence-corrected chi connectivity index (χ4v) is 4.11. The van der Waals surface area contributed by atoms with Crippen LogP contribution in [-0.4, -0.2) is 54.0 Å². The van der Waals surface area contributed by atoms with Crippen LogP contribution in [0.3, 0.4) is 0 Å². The fraction of sp³-hybridized carbons (Fsp3) is 0.429. The third kappa shape index (κ3) is 4.25. The minimum Gasteiger partial charge on any atom is -0.454 e. The average Bonchev–Trinajstić information content (AvgIpc) is 3.13. The van der Waals surface area contributed by atoms with Crippen molar-refractivity contribution in [1.82, 2.24) is 9.80 Å². The maximum absolute atomic E-state index is 14.1. The highest BCUT2D eigenvalue weighted by Gasteiger charge is 2.28. The third-order valence-electron chi connectivity index (χ3n) is 5.42. The fourth-order valence-electron chi connectivity index (χ4n) is 3.90. The van der Waals surface area contributed by atoms with Gasteiger partial charge < -0.3 is 14.6 Å². The first-order valence-electron chi connectivity index (χ1n) is 9.52. The molecule has 150 valence electrons. The van der Waals surface area contributed by atoms with E-state index in [1.165, 1.54) is 6.07 Å². The van der Waals surface area contributed by atoms with E-state index in [0.717, 1.165) is 30.9 Å². The summed E-state index contributed by atoms with van der Waals surface area (Å²) in [6.07, 6.45) is 0.653. The van der Waals surface area contributed by atoms with Crippen LogP contribution in [0, 0.1) is 5.82 Å². The molecule has 0 bridgehead atoms. The molecule has 0 aromatic heterocycles. The molecule has 0 saturated carbocycles. The van der Waals surface area contributed by atoms with Crippen molar-refractivity contribution in [3.8, 4) is 11.5 Å². The van der Waals surface area contributed by atoms with Gasteiger partial charge in [-0.2, -0.15) is 0 Å². The van der Waals surface area contributed by atoms with E-state index in [2.05, 4.69) is 9.80 Å². The number of benzene rings is 2. The second-order valence-corrected chi connectivity index (χ2v) is 7.67. The van der Waals surface area contributed by atoms with Crippen molar-refractivity contribution in [3.05, 3.63) is 58.4 Å². The van der Waals surface area contributed by atoms with Gasteiger partial charge in [0, 0.05) is 62.0 Å². The molecule has 5 nitrogen and oxygen atoms in total. The van der Waals surface area contributed by atoms with Crippen LogP contribution in [0.1, 0.15) is 17.5 Å². The van der Waals surface area contributed by atoms with Crippen molar-refractivity contribution in [3.63, 3.8) is 0 Å². The number of fused-ring (bicyclic) bond motifs is 1. The predicted molar refractivity (Wildman–Crippen MR) is 105 cm³/mol. The van der Waals surface area contributed by atoms with Crippen molar-refractivity contribution in [2.45, 2.75) is 25.6 Å². The van der Waals surface area contributed by atoms with E-state index in [0.29, 0.717) is 35.8 Å². The summed E-state index contributed by atoms with van der Waals surface area (Å²) in [7, 11) is 0. The van der Waals surface area contributed by atoms with Crippen molar-refractivity contribution >= 4 is 11.6 Å². The smallest absolute Gasteiger partial charge is 0.231 e. The topological polar surface area (TPSA) is 45.2 Å². The monoisotopic (exact) mass is 406 g/mol. The molecule has 1 saturated heterocycles. The van der Waals surface area contributed by atoms with Gasteiger partial charge >= 0.3 is 0 Å². The summed E-state index contributed by atoms with van der Waals surface area (Å²) < 4.78 is 24.9. The van der Waals surface area contributed by atoms with Gasteiger partial charge in [-0.15, -0.1) is 0 Å². The summed E-state index contributed by atoms with van der Waals surface area (Å²) in [5.74, 6) is 1.23. The maximum atomic E-state index is 14.1. The second-order valence-electron chi connectivity index (χ2n) is 7.26. The largest absolute Gasteiger partial charge is 0.454 e. The molecule has 0 amide bonds. The quantitative estimate of drug-likeness (QED) is 0.797. The Bertz CT molecular complexity index is 835. The van der Waals surface area contributed by atoms with Crippen LogP contribution in [0.15, 0.2) is 36.4 Å². The van der Waals surface area contributed by atoms with Gasteiger partial charge in [0.25, 0.3) is 0 Å². The minimum atomic E-state index is -0.181. The molecule has 1 atom stereocenters. The Morgan fingerprint density at radius 3 is 2.64 bits per heavy atom. The number of nitrogens with zero attached hydrogens (tertiary/aromatic N) is 2. The van der Waals surface area contributed by atoms with Crippen molar-refractivity contribution in [1.29, 1.82) is 0 Å². The van der Waals surface area contributed by atoms with Gasteiger partial charge in [-0.05, 0) is 24.1 Å². The highest BCUT2D eigenvalue weighted by molar-refractivity contribution is 6.31. The molecule has 1 N–H and O–H groups in total. The Morgan fingerprint density at radius 2 is 1.86 bits per heavy atom. The number of ether oxygens (including phenoxy) is 2. The summed E-state index contributed by atoms with van der Waals surface area (Å²) in [5.41, 5.74) is 1.69. The maximum Gasteiger partial charge on any atom is 0.231 e. The third-order valence-corrected chi connectivity index (χ3v) is 5.77. The van der Waals surface area contributed by atoms with Gasteiger partial charge in [0.1, 0.15) is 5.82 Å². The zero-order valence-electron chi connectivity index (χ0n) is 15.6. The SMILES string of the molecule is OCC[C@H]1CN(Cc2cc3c(cc2Cl)OCO3)CCN1Cc1ccccc1F. The number of piperazine rings is 1. The van der Waals surface area contributed by atoms with E-state index in [1.54, 1.807) is 12.1 Å². The van der Waals surface area contributed by atoms with Gasteiger partial charge in [-0.1, -0.05) is 29.8 Å². The van der Waals surface area contributed by atoms with Gasteiger partial charge in [0.2, 0.25) is 6.79 Å². The lowest BCUT2D eigenvalue weighted by molar-refractivity contribution is 0.0493. The molecule has 2 aromatic rings. The summed E-state index contributed by atoms with van der Waals surface area (Å²) in [6.45, 7) is 4.03. The molecule has 2 aromatic carbocycles. The first kappa shape index (κ1) is 19.5. The molecule has 4 rings (SSSR count). The Hall–Kier alpha value is -1.86. The van der Waals surface area contributed by atoms with E-state index in [9.17, 15) is 9.50 Å². The van der Waals surface area contributed by atoms with Gasteiger partial charge in [-0.3, -0.25) is 9.80 Å². The lowest BCUT2D eigenvalue weighted by atomic mass is 10.1. The van der Waals surface area contributed by atoms with E-state index in [1.807, 2.05) is 18.2 Å². The second kappa shape index (κ2) is 8.66. The molecule has 1 fully saturated rings. The van der Waals surface area contributed by atoms with Crippen molar-refractivity contribution in [2.24, 2.45) is 0 Å².